The summed E-state index contributed by atoms with van der Waals surface area (Å²) in [5.74, 6) is 0.549. The third-order valence-electron chi connectivity index (χ3n) is 3.92. The molecule has 7 heteroatoms. The molecule has 1 aromatic rings. The van der Waals surface area contributed by atoms with E-state index < -0.39 is 6.04 Å². The molecule has 21 heavy (non-hydrogen) atoms. The van der Waals surface area contributed by atoms with E-state index in [0.717, 1.165) is 5.69 Å². The van der Waals surface area contributed by atoms with Crippen molar-refractivity contribution in [3.05, 3.63) is 27.4 Å². The van der Waals surface area contributed by atoms with Crippen LogP contribution < -0.4 is 11.3 Å². The van der Waals surface area contributed by atoms with Gasteiger partial charge >= 0.3 is 0 Å². The number of amides is 1. The molecule has 0 aromatic carbocycles. The first-order valence-electron chi connectivity index (χ1n) is 7.04. The normalized spacial score (nSPS) is 16.3. The van der Waals surface area contributed by atoms with Gasteiger partial charge in [0, 0.05) is 39.2 Å². The van der Waals surface area contributed by atoms with Crippen LogP contribution in [0.1, 0.15) is 17.1 Å². The zero-order valence-corrected chi connectivity index (χ0v) is 12.8. The lowest BCUT2D eigenvalue weighted by atomic mass is 10.1. The summed E-state index contributed by atoms with van der Waals surface area (Å²) in [5, 5.41) is 0. The Morgan fingerprint density at radius 3 is 2.76 bits per heavy atom. The molecule has 1 aromatic heterocycles. The van der Waals surface area contributed by atoms with E-state index in [2.05, 4.69) is 4.98 Å². The number of aromatic nitrogens is 2. The molecular weight excluding hydrogens is 272 g/mol. The quantitative estimate of drug-likeness (QED) is 0.771. The molecule has 0 unspecified atom stereocenters. The minimum atomic E-state index is -0.659. The van der Waals surface area contributed by atoms with Crippen molar-refractivity contribution in [1.82, 2.24) is 14.5 Å². The van der Waals surface area contributed by atoms with Crippen molar-refractivity contribution in [2.24, 2.45) is 12.8 Å². The lowest BCUT2D eigenvalue weighted by Gasteiger charge is -2.23. The number of hydrogen-bond acceptors (Lipinski definition) is 5. The van der Waals surface area contributed by atoms with Gasteiger partial charge < -0.3 is 15.4 Å². The number of nitrogens with two attached hydrogens (primary N) is 1. The smallest absolute Gasteiger partial charge is 0.256 e. The zero-order valence-electron chi connectivity index (χ0n) is 12.8. The standard InChI is InChI=1S/C14H22N4O3/c1-9-16-12-5-7-18(14(20)11(15)8-21-3)6-4-10(12)13(19)17(9)2/h11H,4-8,15H2,1-3H3/t11-/m0/s1. The maximum atomic E-state index is 12.3. The summed E-state index contributed by atoms with van der Waals surface area (Å²) in [4.78, 5) is 30.7. The van der Waals surface area contributed by atoms with Crippen LogP contribution in [-0.2, 0) is 29.4 Å². The van der Waals surface area contributed by atoms with E-state index in [-0.39, 0.29) is 18.1 Å². The predicted octanol–water partition coefficient (Wildman–Crippen LogP) is -1.01. The average Bonchev–Trinajstić information content (AvgIpc) is 2.67. The first-order valence-corrected chi connectivity index (χ1v) is 7.04. The van der Waals surface area contributed by atoms with E-state index in [1.165, 1.54) is 7.11 Å². The van der Waals surface area contributed by atoms with E-state index in [9.17, 15) is 9.59 Å². The lowest BCUT2D eigenvalue weighted by molar-refractivity contribution is -0.133. The molecule has 0 saturated carbocycles. The Labute approximate surface area is 123 Å². The summed E-state index contributed by atoms with van der Waals surface area (Å²) in [7, 11) is 3.23. The van der Waals surface area contributed by atoms with Gasteiger partial charge in [-0.15, -0.1) is 0 Å². The lowest BCUT2D eigenvalue weighted by Crippen LogP contribution is -2.47. The first kappa shape index (κ1) is 15.7. The minimum absolute atomic E-state index is 0.0204. The van der Waals surface area contributed by atoms with Gasteiger partial charge in [0.05, 0.1) is 12.3 Å². The first-order chi connectivity index (χ1) is 9.95. The van der Waals surface area contributed by atoms with Gasteiger partial charge in [0.2, 0.25) is 5.91 Å². The van der Waals surface area contributed by atoms with Gasteiger partial charge in [0.25, 0.3) is 5.56 Å². The molecule has 1 atom stereocenters. The number of carbonyl (C=O) groups is 1. The Balaban J connectivity index is 2.19. The van der Waals surface area contributed by atoms with Crippen molar-refractivity contribution in [1.29, 1.82) is 0 Å². The highest BCUT2D eigenvalue weighted by atomic mass is 16.5. The summed E-state index contributed by atoms with van der Waals surface area (Å²) in [5.41, 5.74) is 7.28. The number of carbonyl (C=O) groups excluding carboxylic acids is 1. The van der Waals surface area contributed by atoms with Crippen molar-refractivity contribution < 1.29 is 9.53 Å². The number of hydrogen-bond donors (Lipinski definition) is 1. The van der Waals surface area contributed by atoms with Gasteiger partial charge in [-0.1, -0.05) is 0 Å². The highest BCUT2D eigenvalue weighted by molar-refractivity contribution is 5.81. The molecule has 1 amide bonds. The molecule has 1 aliphatic heterocycles. The van der Waals surface area contributed by atoms with Gasteiger partial charge in [0.1, 0.15) is 11.9 Å². The number of aryl methyl sites for hydroxylation is 1. The Hall–Kier alpha value is -1.73. The van der Waals surface area contributed by atoms with Crippen LogP contribution in [0.2, 0.25) is 0 Å². The summed E-state index contributed by atoms with van der Waals surface area (Å²) < 4.78 is 6.47. The van der Waals surface area contributed by atoms with E-state index in [1.807, 2.05) is 6.92 Å². The fraction of sp³-hybridized carbons (Fsp3) is 0.643. The maximum absolute atomic E-state index is 12.3. The van der Waals surface area contributed by atoms with Crippen molar-refractivity contribution in [2.45, 2.75) is 25.8 Å². The van der Waals surface area contributed by atoms with Gasteiger partial charge in [-0.2, -0.15) is 0 Å². The summed E-state index contributed by atoms with van der Waals surface area (Å²) in [6.07, 6.45) is 1.10. The summed E-state index contributed by atoms with van der Waals surface area (Å²) in [6, 6.07) is -0.659. The largest absolute Gasteiger partial charge is 0.383 e. The van der Waals surface area contributed by atoms with Gasteiger partial charge in [0.15, 0.2) is 0 Å². The maximum Gasteiger partial charge on any atom is 0.256 e. The number of fused-ring (bicyclic) bond motifs is 1. The highest BCUT2D eigenvalue weighted by Gasteiger charge is 2.25. The molecular formula is C14H22N4O3. The number of ether oxygens (including phenoxy) is 1. The second kappa shape index (κ2) is 6.36. The predicted molar refractivity (Wildman–Crippen MR) is 78.1 cm³/mol. The zero-order chi connectivity index (χ0) is 15.6. The minimum Gasteiger partial charge on any atom is -0.383 e. The molecule has 1 aliphatic rings. The van der Waals surface area contributed by atoms with Crippen LogP contribution in [-0.4, -0.2) is 53.2 Å². The van der Waals surface area contributed by atoms with Crippen molar-refractivity contribution in [3.63, 3.8) is 0 Å². The number of nitrogens with zero attached hydrogens (tertiary/aromatic N) is 3. The van der Waals surface area contributed by atoms with E-state index in [1.54, 1.807) is 16.5 Å². The topological polar surface area (TPSA) is 90.4 Å². The second-order valence-corrected chi connectivity index (χ2v) is 5.34. The number of methoxy groups -OCH3 is 1. The molecule has 7 nitrogen and oxygen atoms in total. The van der Waals surface area contributed by atoms with Crippen LogP contribution in [0, 0.1) is 6.92 Å². The SMILES string of the molecule is COC[C@H](N)C(=O)N1CCc2nc(C)n(C)c(=O)c2CC1. The van der Waals surface area contributed by atoms with Crippen molar-refractivity contribution in [2.75, 3.05) is 26.8 Å². The fourth-order valence-electron chi connectivity index (χ4n) is 2.57. The Morgan fingerprint density at radius 1 is 1.43 bits per heavy atom. The molecule has 2 heterocycles. The van der Waals surface area contributed by atoms with E-state index in [4.69, 9.17) is 10.5 Å². The Kier molecular flexibility index (Phi) is 4.74. The molecule has 0 fully saturated rings. The van der Waals surface area contributed by atoms with Crippen LogP contribution in [0.5, 0.6) is 0 Å². The van der Waals surface area contributed by atoms with E-state index >= 15 is 0 Å². The highest BCUT2D eigenvalue weighted by Crippen LogP contribution is 2.12. The van der Waals surface area contributed by atoms with Crippen LogP contribution in [0.15, 0.2) is 4.79 Å². The Morgan fingerprint density at radius 2 is 2.10 bits per heavy atom. The van der Waals surface area contributed by atoms with Crippen LogP contribution in [0.4, 0.5) is 0 Å². The molecule has 116 valence electrons. The van der Waals surface area contributed by atoms with Gasteiger partial charge in [-0.3, -0.25) is 14.2 Å². The van der Waals surface area contributed by atoms with Gasteiger partial charge in [-0.25, -0.2) is 4.98 Å². The third kappa shape index (κ3) is 3.14. The molecule has 2 N–H and O–H groups in total. The van der Waals surface area contributed by atoms with Crippen LogP contribution in [0.3, 0.4) is 0 Å². The summed E-state index contributed by atoms with van der Waals surface area (Å²) >= 11 is 0. The number of rotatable bonds is 3. The molecule has 0 spiro atoms. The molecule has 0 aliphatic carbocycles. The molecule has 0 bridgehead atoms. The van der Waals surface area contributed by atoms with E-state index in [0.29, 0.717) is 37.3 Å². The fourth-order valence-corrected chi connectivity index (χ4v) is 2.57. The van der Waals surface area contributed by atoms with Crippen LogP contribution >= 0.6 is 0 Å². The average molecular weight is 294 g/mol. The van der Waals surface area contributed by atoms with Gasteiger partial charge in [-0.05, 0) is 13.3 Å². The molecule has 0 radical (unpaired) electrons. The third-order valence-corrected chi connectivity index (χ3v) is 3.92. The van der Waals surface area contributed by atoms with Crippen molar-refractivity contribution in [3.8, 4) is 0 Å². The van der Waals surface area contributed by atoms with Crippen molar-refractivity contribution >= 4 is 5.91 Å². The molecule has 0 saturated heterocycles. The monoisotopic (exact) mass is 294 g/mol. The second-order valence-electron chi connectivity index (χ2n) is 5.34. The van der Waals surface area contributed by atoms with Crippen LogP contribution in [0.25, 0.3) is 0 Å². The molecule has 2 rings (SSSR count). The summed E-state index contributed by atoms with van der Waals surface area (Å²) in [6.45, 7) is 3.03. The Bertz CT molecular complexity index is 597.